The third-order valence-corrected chi connectivity index (χ3v) is 12.7. The number of guanidine groups is 2. The summed E-state index contributed by atoms with van der Waals surface area (Å²) < 4.78 is 74.7. The average Bonchev–Trinajstić information content (AvgIpc) is 3.00. The van der Waals surface area contributed by atoms with Crippen molar-refractivity contribution in [3.05, 3.63) is 105 Å². The first-order valence-corrected chi connectivity index (χ1v) is 21.2. The predicted octanol–water partition coefficient (Wildman–Crippen LogP) is 3.92. The molecule has 276 valence electrons. The molecule has 20 heteroatoms. The molecule has 0 aromatic heterocycles. The van der Waals surface area contributed by atoms with Crippen LogP contribution in [-0.4, -0.2) is 61.5 Å². The Bertz CT molecular complexity index is 2450. The molecule has 0 aliphatic heterocycles. The van der Waals surface area contributed by atoms with Crippen molar-refractivity contribution in [1.82, 2.24) is 0 Å². The van der Waals surface area contributed by atoms with Crippen LogP contribution in [0.5, 0.6) is 0 Å². The lowest BCUT2D eigenvalue weighted by Gasteiger charge is -2.13. The summed E-state index contributed by atoms with van der Waals surface area (Å²) >= 11 is 12.9. The van der Waals surface area contributed by atoms with E-state index in [1.165, 1.54) is 49.0 Å². The number of halogens is 2. The van der Waals surface area contributed by atoms with E-state index in [2.05, 4.69) is 9.98 Å². The average molecular weight is 828 g/mol. The fourth-order valence-corrected chi connectivity index (χ4v) is 9.83. The third-order valence-electron chi connectivity index (χ3n) is 6.76. The summed E-state index contributed by atoms with van der Waals surface area (Å²) in [5.41, 5.74) is 21.6. The number of nitrogens with zero attached hydrogens (tertiary/aromatic N) is 2. The summed E-state index contributed by atoms with van der Waals surface area (Å²) in [6.07, 6.45) is 1.92. The quantitative estimate of drug-likeness (QED) is 0.145. The Labute approximate surface area is 315 Å². The molecule has 4 rings (SSSR count). The molecule has 0 heterocycles. The zero-order chi connectivity index (χ0) is 39.3. The van der Waals surface area contributed by atoms with Gasteiger partial charge in [-0.1, -0.05) is 35.0 Å². The second-order valence-corrected chi connectivity index (χ2v) is 18.8. The molecule has 8 N–H and O–H groups in total. The van der Waals surface area contributed by atoms with Crippen molar-refractivity contribution in [2.45, 2.75) is 43.2 Å². The number of hydrogen-bond donors (Lipinski definition) is 4. The number of aryl methyl sites for hydroxylation is 2. The highest BCUT2D eigenvalue weighted by molar-refractivity contribution is 8.00. The number of benzene rings is 4. The monoisotopic (exact) mass is 826 g/mol. The van der Waals surface area contributed by atoms with Crippen LogP contribution >= 0.6 is 35.0 Å². The smallest absolute Gasteiger partial charge is 0.280 e. The van der Waals surface area contributed by atoms with Crippen LogP contribution in [0.15, 0.2) is 112 Å². The van der Waals surface area contributed by atoms with Crippen molar-refractivity contribution in [3.8, 4) is 0 Å². The lowest BCUT2D eigenvalue weighted by Crippen LogP contribution is -2.24. The molecule has 0 fully saturated rings. The van der Waals surface area contributed by atoms with Crippen molar-refractivity contribution >= 4 is 88.2 Å². The van der Waals surface area contributed by atoms with Gasteiger partial charge in [0.25, 0.3) is 11.8 Å². The normalized spacial score (nSPS) is 11.5. The van der Waals surface area contributed by atoms with Gasteiger partial charge in [-0.3, -0.25) is 9.59 Å². The number of rotatable bonds is 8. The molecule has 14 nitrogen and oxygen atoms in total. The molecular weight excluding hydrogens is 796 g/mol. The Balaban J connectivity index is 0.000000281. The van der Waals surface area contributed by atoms with E-state index in [4.69, 9.17) is 46.1 Å². The second-order valence-electron chi connectivity index (χ2n) is 11.0. The van der Waals surface area contributed by atoms with E-state index in [-0.39, 0.29) is 32.4 Å². The lowest BCUT2D eigenvalue weighted by molar-refractivity contribution is 0.0993. The summed E-state index contributed by atoms with van der Waals surface area (Å²) in [4.78, 5) is 31.3. The van der Waals surface area contributed by atoms with Gasteiger partial charge in [0.2, 0.25) is 9.84 Å². The summed E-state index contributed by atoms with van der Waals surface area (Å²) in [6.45, 7) is 3.13. The summed E-state index contributed by atoms with van der Waals surface area (Å²) in [7, 11) is -11.8. The van der Waals surface area contributed by atoms with E-state index in [0.717, 1.165) is 29.5 Å². The van der Waals surface area contributed by atoms with Gasteiger partial charge in [0.15, 0.2) is 31.6 Å². The fraction of sp³-hybridized carbons (Fsp3) is 0.125. The molecule has 0 radical (unpaired) electrons. The van der Waals surface area contributed by atoms with Crippen LogP contribution in [0.4, 0.5) is 0 Å². The van der Waals surface area contributed by atoms with Gasteiger partial charge < -0.3 is 22.9 Å². The number of carbonyl (C=O) groups excluding carboxylic acids is 2. The molecule has 52 heavy (non-hydrogen) atoms. The highest BCUT2D eigenvalue weighted by Crippen LogP contribution is 2.36. The van der Waals surface area contributed by atoms with Gasteiger partial charge in [0.05, 0.1) is 19.6 Å². The molecule has 4 aromatic rings. The van der Waals surface area contributed by atoms with E-state index in [9.17, 15) is 34.8 Å². The molecule has 4 aromatic carbocycles. The van der Waals surface area contributed by atoms with Gasteiger partial charge in [-0.05, 0) is 97.8 Å². The van der Waals surface area contributed by atoms with Crippen LogP contribution in [0.3, 0.4) is 0 Å². The van der Waals surface area contributed by atoms with Crippen LogP contribution in [0.1, 0.15) is 31.8 Å². The molecule has 0 aliphatic carbocycles. The number of sulfone groups is 3. The first-order chi connectivity index (χ1) is 23.9. The molecule has 0 saturated carbocycles. The van der Waals surface area contributed by atoms with Crippen LogP contribution in [0.2, 0.25) is 10.0 Å². The van der Waals surface area contributed by atoms with E-state index in [0.29, 0.717) is 20.5 Å². The van der Waals surface area contributed by atoms with Crippen LogP contribution in [0.25, 0.3) is 0 Å². The highest BCUT2D eigenvalue weighted by atomic mass is 35.5. The van der Waals surface area contributed by atoms with E-state index in [1.807, 2.05) is 0 Å². The van der Waals surface area contributed by atoms with Gasteiger partial charge in [-0.25, -0.2) is 25.3 Å². The summed E-state index contributed by atoms with van der Waals surface area (Å²) in [5.74, 6) is -2.46. The number of nitrogens with two attached hydrogens (primary N) is 4. The van der Waals surface area contributed by atoms with Crippen molar-refractivity contribution in [2.24, 2.45) is 32.9 Å². The van der Waals surface area contributed by atoms with Crippen molar-refractivity contribution < 1.29 is 34.8 Å². The van der Waals surface area contributed by atoms with E-state index >= 15 is 0 Å². The summed E-state index contributed by atoms with van der Waals surface area (Å²) in [6, 6.07) is 17.3. The largest absolute Gasteiger partial charge is 0.370 e. The minimum absolute atomic E-state index is 0.0344. The fourth-order valence-electron chi connectivity index (χ4n) is 4.38. The molecule has 0 aliphatic rings. The Morgan fingerprint density at radius 1 is 0.596 bits per heavy atom. The predicted molar refractivity (Wildman–Crippen MR) is 201 cm³/mol. The molecule has 0 unspecified atom stereocenters. The molecule has 0 atom stereocenters. The van der Waals surface area contributed by atoms with Crippen molar-refractivity contribution in [2.75, 3.05) is 12.5 Å². The Morgan fingerprint density at radius 2 is 1.00 bits per heavy atom. The van der Waals surface area contributed by atoms with Gasteiger partial charge in [-0.2, -0.15) is 9.98 Å². The Hall–Kier alpha value is -4.46. The lowest BCUT2D eigenvalue weighted by atomic mass is 10.1. The van der Waals surface area contributed by atoms with Gasteiger partial charge >= 0.3 is 0 Å². The molecule has 2 amide bonds. The minimum atomic E-state index is -4.19. The van der Waals surface area contributed by atoms with Crippen molar-refractivity contribution in [3.63, 3.8) is 0 Å². The topological polar surface area (TPSA) is 265 Å². The maximum absolute atomic E-state index is 13.0. The number of amides is 2. The van der Waals surface area contributed by atoms with Gasteiger partial charge in [-0.15, -0.1) is 0 Å². The summed E-state index contributed by atoms with van der Waals surface area (Å²) in [5, 5.41) is 0.911. The second kappa shape index (κ2) is 16.5. The number of carbonyl (C=O) groups is 2. The Kier molecular flexibility index (Phi) is 13.3. The first kappa shape index (κ1) is 42.0. The molecular formula is C32H32Cl2N6O8S4. The standard InChI is InChI=1S/C16H16ClN3O5S2.C16H16ClN3O3S2/c1-9-7-14(27(24,25)11-5-3-10(17)4-6-11)13(26(2,22)23)8-12(9)15(21)20-16(18)19;1-9-7-13(24-11-5-3-10(17)4-6-11)14(25(2,22)23)8-12(9)15(21)20-16(18)19/h3-8H,1-2H3,(H4,18,19,20,21);3-8H,1-2H3,(H4,18,19,20,21). The maximum atomic E-state index is 13.0. The maximum Gasteiger partial charge on any atom is 0.280 e. The van der Waals surface area contributed by atoms with E-state index in [1.54, 1.807) is 37.3 Å². The SMILES string of the molecule is Cc1cc(S(=O)(=O)c2ccc(Cl)cc2)c(S(C)(=O)=O)cc1C(=O)N=C(N)N.Cc1cc(Sc2ccc(Cl)cc2)c(S(C)(=O)=O)cc1C(=O)N=C(N)N. The van der Waals surface area contributed by atoms with E-state index < -0.39 is 57.1 Å². The Morgan fingerprint density at radius 3 is 1.42 bits per heavy atom. The molecule has 0 bridgehead atoms. The molecule has 0 spiro atoms. The minimum Gasteiger partial charge on any atom is -0.370 e. The zero-order valence-electron chi connectivity index (χ0n) is 27.8. The first-order valence-electron chi connectivity index (χ1n) is 14.3. The van der Waals surface area contributed by atoms with Gasteiger partial charge in [0, 0.05) is 43.5 Å². The van der Waals surface area contributed by atoms with Gasteiger partial charge in [0.1, 0.15) is 0 Å². The van der Waals surface area contributed by atoms with Crippen molar-refractivity contribution in [1.29, 1.82) is 0 Å². The third kappa shape index (κ3) is 10.8. The van der Waals surface area contributed by atoms with Crippen LogP contribution in [-0.2, 0) is 29.5 Å². The number of hydrogen-bond acceptors (Lipinski definition) is 9. The van der Waals surface area contributed by atoms with Crippen LogP contribution < -0.4 is 22.9 Å². The van der Waals surface area contributed by atoms with Crippen LogP contribution in [0, 0.1) is 13.8 Å². The number of aliphatic imine (C=N–C) groups is 2. The molecule has 0 saturated heterocycles. The zero-order valence-corrected chi connectivity index (χ0v) is 32.6. The highest BCUT2D eigenvalue weighted by Gasteiger charge is 2.28.